The second-order valence-electron chi connectivity index (χ2n) is 8.86. The van der Waals surface area contributed by atoms with Gasteiger partial charge in [-0.2, -0.15) is 0 Å². The van der Waals surface area contributed by atoms with Crippen molar-refractivity contribution >= 4 is 39.5 Å². The van der Waals surface area contributed by atoms with E-state index < -0.39 is 0 Å². The van der Waals surface area contributed by atoms with Gasteiger partial charge in [-0.25, -0.2) is 15.0 Å². The van der Waals surface area contributed by atoms with E-state index in [-0.39, 0.29) is 11.2 Å². The molecule has 0 saturated heterocycles. The molecule has 3 heterocycles. The molecule has 7 nitrogen and oxygen atoms in total. The zero-order valence-electron chi connectivity index (χ0n) is 19.3. The average Bonchev–Trinajstić information content (AvgIpc) is 3.42. The number of aryl methyl sites for hydroxylation is 3. The molecule has 33 heavy (non-hydrogen) atoms. The molecule has 1 aromatic carbocycles. The number of nitrogens with one attached hydrogen (secondary N) is 1. The summed E-state index contributed by atoms with van der Waals surface area (Å²) in [7, 11) is 0. The van der Waals surface area contributed by atoms with Crippen LogP contribution in [0.1, 0.15) is 58.0 Å². The van der Waals surface area contributed by atoms with Crippen LogP contribution < -0.4 is 5.32 Å². The van der Waals surface area contributed by atoms with Gasteiger partial charge in [0.25, 0.3) is 0 Å². The summed E-state index contributed by atoms with van der Waals surface area (Å²) in [5.74, 6) is 0.625. The number of aromatic nitrogens is 5. The van der Waals surface area contributed by atoms with Crippen LogP contribution in [0.4, 0.5) is 11.1 Å². The first-order valence-electron chi connectivity index (χ1n) is 10.7. The second-order valence-corrected chi connectivity index (χ2v) is 11.1. The zero-order valence-corrected chi connectivity index (χ0v) is 21.0. The van der Waals surface area contributed by atoms with Gasteiger partial charge in [-0.05, 0) is 43.5 Å². The van der Waals surface area contributed by atoms with E-state index in [9.17, 15) is 4.79 Å². The second kappa shape index (κ2) is 9.44. The van der Waals surface area contributed by atoms with Crippen molar-refractivity contribution in [3.63, 3.8) is 0 Å². The number of thiazole rings is 1. The molecular weight excluding hydrogens is 452 g/mol. The summed E-state index contributed by atoms with van der Waals surface area (Å²) in [6, 6.07) is 8.10. The molecule has 170 valence electrons. The van der Waals surface area contributed by atoms with Gasteiger partial charge < -0.3 is 0 Å². The molecule has 3 aromatic heterocycles. The molecule has 0 amide bonds. The molecule has 0 unspecified atom stereocenters. The Kier molecular flexibility index (Phi) is 6.62. The van der Waals surface area contributed by atoms with E-state index in [1.807, 2.05) is 19.1 Å². The third-order valence-corrected chi connectivity index (χ3v) is 7.30. The highest BCUT2D eigenvalue weighted by atomic mass is 32.1. The van der Waals surface area contributed by atoms with Gasteiger partial charge >= 0.3 is 0 Å². The molecule has 0 radical (unpaired) electrons. The third kappa shape index (κ3) is 5.66. The van der Waals surface area contributed by atoms with Gasteiger partial charge in [0, 0.05) is 29.8 Å². The Balaban J connectivity index is 1.43. The van der Waals surface area contributed by atoms with E-state index in [1.165, 1.54) is 22.7 Å². The third-order valence-electron chi connectivity index (χ3n) is 5.08. The van der Waals surface area contributed by atoms with Gasteiger partial charge in [0.1, 0.15) is 5.01 Å². The Bertz CT molecular complexity index is 1290. The minimum Gasteiger partial charge on any atom is -0.299 e. The molecule has 0 bridgehead atoms. The summed E-state index contributed by atoms with van der Waals surface area (Å²) in [5, 5.41) is 13.7. The topological polar surface area (TPSA) is 93.6 Å². The minimum atomic E-state index is -0.0396. The van der Waals surface area contributed by atoms with Gasteiger partial charge in [-0.15, -0.1) is 21.5 Å². The lowest BCUT2D eigenvalue weighted by Gasteiger charge is -2.13. The number of carbonyl (C=O) groups excluding carboxylic acids is 1. The highest BCUT2D eigenvalue weighted by Gasteiger charge is 2.20. The monoisotopic (exact) mass is 478 g/mol. The van der Waals surface area contributed by atoms with Crippen LogP contribution in [0.3, 0.4) is 0 Å². The molecule has 0 saturated carbocycles. The fourth-order valence-corrected chi connectivity index (χ4v) is 4.81. The number of hydrogen-bond acceptors (Lipinski definition) is 9. The summed E-state index contributed by atoms with van der Waals surface area (Å²) in [6.07, 6.45) is 4.60. The number of Topliss-reactive ketones (excluding diaryl/α,β-unsaturated/α-hetero) is 1. The number of nitrogens with zero attached hydrogens (tertiary/aromatic N) is 5. The Labute approximate surface area is 201 Å². The fraction of sp³-hybridized carbons (Fsp3) is 0.333. The molecule has 1 N–H and O–H groups in total. The SMILES string of the molecule is Cc1nnc(Nc2nccc(-c3ccc(CCC(=O)c4cnc(C(C)(C)C)s4)c(C)c3)n2)s1. The largest absolute Gasteiger partial charge is 0.299 e. The van der Waals surface area contributed by atoms with Crippen molar-refractivity contribution < 1.29 is 4.79 Å². The van der Waals surface area contributed by atoms with Gasteiger partial charge in [-0.3, -0.25) is 10.1 Å². The molecule has 0 fully saturated rings. The van der Waals surface area contributed by atoms with Crippen LogP contribution in [0.2, 0.25) is 0 Å². The van der Waals surface area contributed by atoms with E-state index in [2.05, 4.69) is 70.3 Å². The Morgan fingerprint density at radius 1 is 1.06 bits per heavy atom. The Morgan fingerprint density at radius 3 is 2.55 bits per heavy atom. The molecule has 9 heteroatoms. The first kappa shape index (κ1) is 23.1. The summed E-state index contributed by atoms with van der Waals surface area (Å²) in [5.41, 5.74) is 4.07. The normalized spacial score (nSPS) is 11.5. The summed E-state index contributed by atoms with van der Waals surface area (Å²) < 4.78 is 0. The molecule has 0 atom stereocenters. The molecule has 0 spiro atoms. The first-order chi connectivity index (χ1) is 15.7. The van der Waals surface area contributed by atoms with Crippen LogP contribution in [-0.2, 0) is 11.8 Å². The van der Waals surface area contributed by atoms with Crippen LogP contribution in [0.25, 0.3) is 11.3 Å². The van der Waals surface area contributed by atoms with Gasteiger partial charge in [-0.1, -0.05) is 44.2 Å². The van der Waals surface area contributed by atoms with Crippen molar-refractivity contribution in [3.8, 4) is 11.3 Å². The molecule has 4 aromatic rings. The quantitative estimate of drug-likeness (QED) is 0.329. The minimum absolute atomic E-state index is 0.0396. The highest BCUT2D eigenvalue weighted by Crippen LogP contribution is 2.28. The number of ketones is 1. The zero-order chi connectivity index (χ0) is 23.6. The van der Waals surface area contributed by atoms with Crippen molar-refractivity contribution in [1.82, 2.24) is 25.1 Å². The first-order valence-corrected chi connectivity index (χ1v) is 12.3. The van der Waals surface area contributed by atoms with E-state index in [0.717, 1.165) is 37.3 Å². The fourth-order valence-electron chi connectivity index (χ4n) is 3.28. The van der Waals surface area contributed by atoms with Crippen molar-refractivity contribution in [3.05, 3.63) is 62.7 Å². The smallest absolute Gasteiger partial charge is 0.229 e. The van der Waals surface area contributed by atoms with Gasteiger partial charge in [0.15, 0.2) is 5.78 Å². The van der Waals surface area contributed by atoms with Crippen LogP contribution >= 0.6 is 22.7 Å². The van der Waals surface area contributed by atoms with Gasteiger partial charge in [0.05, 0.1) is 15.6 Å². The van der Waals surface area contributed by atoms with E-state index in [1.54, 1.807) is 12.4 Å². The van der Waals surface area contributed by atoms with Crippen LogP contribution in [-0.4, -0.2) is 30.9 Å². The van der Waals surface area contributed by atoms with Crippen LogP contribution in [0, 0.1) is 13.8 Å². The number of anilines is 2. The average molecular weight is 479 g/mol. The number of carbonyl (C=O) groups is 1. The standard InChI is InChI=1S/C24H26N6OS2/c1-14-12-17(18-10-11-25-22(27-18)28-23-30-29-15(2)32-23)7-6-16(14)8-9-19(31)20-13-26-21(33-20)24(3,4)5/h6-7,10-13H,8-9H2,1-5H3,(H,25,27,28,30). The predicted molar refractivity (Wildman–Crippen MR) is 134 cm³/mol. The molecular formula is C24H26N6OS2. The molecule has 0 aliphatic carbocycles. The lowest BCUT2D eigenvalue weighted by Crippen LogP contribution is -2.09. The maximum atomic E-state index is 12.7. The Morgan fingerprint density at radius 2 is 1.88 bits per heavy atom. The van der Waals surface area contributed by atoms with Crippen molar-refractivity contribution in [2.75, 3.05) is 5.32 Å². The van der Waals surface area contributed by atoms with Crippen LogP contribution in [0.5, 0.6) is 0 Å². The lowest BCUT2D eigenvalue weighted by molar-refractivity contribution is 0.0986. The van der Waals surface area contributed by atoms with E-state index >= 15 is 0 Å². The lowest BCUT2D eigenvalue weighted by atomic mass is 9.98. The number of benzene rings is 1. The van der Waals surface area contributed by atoms with Gasteiger partial charge in [0.2, 0.25) is 11.1 Å². The van der Waals surface area contributed by atoms with Crippen molar-refractivity contribution in [1.29, 1.82) is 0 Å². The van der Waals surface area contributed by atoms with Crippen LogP contribution in [0.15, 0.2) is 36.7 Å². The maximum absolute atomic E-state index is 12.7. The van der Waals surface area contributed by atoms with Crippen molar-refractivity contribution in [2.24, 2.45) is 0 Å². The van der Waals surface area contributed by atoms with E-state index in [0.29, 0.717) is 23.9 Å². The number of rotatable bonds is 7. The predicted octanol–water partition coefficient (Wildman–Crippen LogP) is 5.93. The Hall–Kier alpha value is -3.04. The summed E-state index contributed by atoms with van der Waals surface area (Å²) in [4.78, 5) is 26.7. The highest BCUT2D eigenvalue weighted by molar-refractivity contribution is 7.15. The molecule has 4 rings (SSSR count). The molecule has 0 aliphatic heterocycles. The number of hydrogen-bond donors (Lipinski definition) is 1. The van der Waals surface area contributed by atoms with Crippen molar-refractivity contribution in [2.45, 2.75) is 52.9 Å². The summed E-state index contributed by atoms with van der Waals surface area (Å²) in [6.45, 7) is 10.3. The maximum Gasteiger partial charge on any atom is 0.229 e. The van der Waals surface area contributed by atoms with E-state index in [4.69, 9.17) is 0 Å². The molecule has 0 aliphatic rings. The summed E-state index contributed by atoms with van der Waals surface area (Å²) >= 11 is 2.95.